The Balaban J connectivity index is 0.00000338. The lowest BCUT2D eigenvalue weighted by molar-refractivity contribution is -0.119. The van der Waals surface area contributed by atoms with Gasteiger partial charge in [0.05, 0.1) is 12.3 Å². The van der Waals surface area contributed by atoms with Crippen molar-refractivity contribution in [3.05, 3.63) is 24.2 Å². The van der Waals surface area contributed by atoms with Gasteiger partial charge in [0, 0.05) is 19.6 Å². The maximum absolute atomic E-state index is 11.7. The van der Waals surface area contributed by atoms with Gasteiger partial charge in [-0.3, -0.25) is 9.69 Å². The lowest BCUT2D eigenvalue weighted by Gasteiger charge is -2.26. The third-order valence-corrected chi connectivity index (χ3v) is 4.21. The number of hydrogen-bond donors (Lipinski definition) is 3. The quantitative estimate of drug-likeness (QED) is 0.289. The number of hydrogen-bond acceptors (Lipinski definition) is 4. The van der Waals surface area contributed by atoms with Crippen molar-refractivity contribution in [1.29, 1.82) is 0 Å². The molecule has 1 atom stereocenters. The first kappa shape index (κ1) is 22.8. The Hall–Kier alpha value is -1.29. The van der Waals surface area contributed by atoms with Crippen molar-refractivity contribution in [3.8, 4) is 0 Å². The molecule has 0 aliphatic carbocycles. The van der Waals surface area contributed by atoms with Gasteiger partial charge in [-0.2, -0.15) is 0 Å². The van der Waals surface area contributed by atoms with Crippen LogP contribution in [0, 0.1) is 0 Å². The van der Waals surface area contributed by atoms with Gasteiger partial charge in [0.25, 0.3) is 0 Å². The fraction of sp³-hybridized carbons (Fsp3) is 0.667. The second-order valence-electron chi connectivity index (χ2n) is 6.20. The van der Waals surface area contributed by atoms with Crippen LogP contribution >= 0.6 is 24.0 Å². The van der Waals surface area contributed by atoms with Gasteiger partial charge in [0.2, 0.25) is 5.91 Å². The molecular weight excluding hydrogens is 445 g/mol. The van der Waals surface area contributed by atoms with E-state index in [1.54, 1.807) is 6.26 Å². The Morgan fingerprint density at radius 1 is 1.27 bits per heavy atom. The molecule has 1 amide bonds. The van der Waals surface area contributed by atoms with Gasteiger partial charge in [-0.05, 0) is 51.4 Å². The number of likely N-dealkylation sites (tertiary alicyclic amines) is 1. The van der Waals surface area contributed by atoms with Crippen LogP contribution in [0.1, 0.15) is 44.9 Å². The molecule has 26 heavy (non-hydrogen) atoms. The summed E-state index contributed by atoms with van der Waals surface area (Å²) in [4.78, 5) is 18.6. The number of guanidine groups is 1. The summed E-state index contributed by atoms with van der Waals surface area (Å²) >= 11 is 0. The van der Waals surface area contributed by atoms with E-state index in [0.29, 0.717) is 19.0 Å². The van der Waals surface area contributed by atoms with Crippen LogP contribution in [0.15, 0.2) is 27.8 Å². The molecule has 0 bridgehead atoms. The smallest absolute Gasteiger partial charge is 0.241 e. The van der Waals surface area contributed by atoms with Crippen LogP contribution in [0.25, 0.3) is 0 Å². The van der Waals surface area contributed by atoms with E-state index in [9.17, 15) is 4.79 Å². The van der Waals surface area contributed by atoms with Gasteiger partial charge < -0.3 is 20.4 Å². The van der Waals surface area contributed by atoms with Crippen LogP contribution in [0.3, 0.4) is 0 Å². The van der Waals surface area contributed by atoms with Gasteiger partial charge in [-0.25, -0.2) is 4.99 Å². The first-order valence-corrected chi connectivity index (χ1v) is 9.31. The molecule has 3 N–H and O–H groups in total. The van der Waals surface area contributed by atoms with Crippen LogP contribution in [0.4, 0.5) is 0 Å². The fourth-order valence-electron chi connectivity index (χ4n) is 2.95. The van der Waals surface area contributed by atoms with E-state index in [-0.39, 0.29) is 42.5 Å². The molecule has 0 spiro atoms. The highest BCUT2D eigenvalue weighted by atomic mass is 127. The van der Waals surface area contributed by atoms with E-state index >= 15 is 0 Å². The van der Waals surface area contributed by atoms with Crippen LogP contribution < -0.4 is 16.0 Å². The Morgan fingerprint density at radius 2 is 2.04 bits per heavy atom. The Labute approximate surface area is 173 Å². The highest BCUT2D eigenvalue weighted by molar-refractivity contribution is 14.0. The van der Waals surface area contributed by atoms with Crippen molar-refractivity contribution in [2.24, 2.45) is 4.99 Å². The third kappa shape index (κ3) is 7.53. The normalized spacial score (nSPS) is 16.0. The number of carbonyl (C=O) groups excluding carboxylic acids is 1. The molecule has 0 saturated carbocycles. The average molecular weight is 477 g/mol. The minimum Gasteiger partial charge on any atom is -0.468 e. The summed E-state index contributed by atoms with van der Waals surface area (Å²) < 4.78 is 5.64. The number of nitrogens with one attached hydrogen (secondary N) is 3. The van der Waals surface area contributed by atoms with Gasteiger partial charge >= 0.3 is 0 Å². The number of halogens is 1. The second-order valence-corrected chi connectivity index (χ2v) is 6.20. The number of rotatable bonds is 9. The predicted molar refractivity (Wildman–Crippen MR) is 115 cm³/mol. The Morgan fingerprint density at radius 3 is 2.65 bits per heavy atom. The number of aliphatic imine (C=N–C) groups is 1. The lowest BCUT2D eigenvalue weighted by atomic mass is 10.2. The maximum atomic E-state index is 11.7. The highest BCUT2D eigenvalue weighted by Crippen LogP contribution is 2.24. The van der Waals surface area contributed by atoms with Crippen molar-refractivity contribution in [2.45, 2.75) is 39.2 Å². The zero-order chi connectivity index (χ0) is 17.9. The summed E-state index contributed by atoms with van der Waals surface area (Å²) in [6, 6.07) is 4.12. The summed E-state index contributed by atoms with van der Waals surface area (Å²) in [7, 11) is 0. The first-order chi connectivity index (χ1) is 12.2. The second kappa shape index (κ2) is 13.0. The predicted octanol–water partition coefficient (Wildman–Crippen LogP) is 2.12. The molecule has 8 heteroatoms. The monoisotopic (exact) mass is 477 g/mol. The maximum Gasteiger partial charge on any atom is 0.241 e. The molecule has 7 nitrogen and oxygen atoms in total. The minimum absolute atomic E-state index is 0. The summed E-state index contributed by atoms with van der Waals surface area (Å²) in [5, 5.41) is 9.39. The molecule has 0 aromatic carbocycles. The fourth-order valence-corrected chi connectivity index (χ4v) is 2.95. The molecule has 1 aromatic rings. The van der Waals surface area contributed by atoms with E-state index in [1.165, 1.54) is 12.8 Å². The summed E-state index contributed by atoms with van der Waals surface area (Å²) in [5.74, 6) is 1.57. The molecule has 1 fully saturated rings. The highest BCUT2D eigenvalue weighted by Gasteiger charge is 2.25. The molecule has 1 aliphatic heterocycles. The topological polar surface area (TPSA) is 81.9 Å². The summed E-state index contributed by atoms with van der Waals surface area (Å²) in [6.07, 6.45) is 5.09. The van der Waals surface area contributed by atoms with E-state index in [1.807, 2.05) is 26.0 Å². The van der Waals surface area contributed by atoms with Gasteiger partial charge in [0.15, 0.2) is 5.96 Å². The Kier molecular flexibility index (Phi) is 11.3. The molecular formula is C18H32IN5O2. The van der Waals surface area contributed by atoms with Crippen molar-refractivity contribution in [2.75, 3.05) is 39.3 Å². The van der Waals surface area contributed by atoms with Crippen LogP contribution in [-0.4, -0.2) is 56.0 Å². The molecule has 1 aromatic heterocycles. The molecule has 2 rings (SSSR count). The largest absolute Gasteiger partial charge is 0.468 e. The summed E-state index contributed by atoms with van der Waals surface area (Å²) in [5.41, 5.74) is 0. The zero-order valence-corrected chi connectivity index (χ0v) is 18.1. The number of furan rings is 1. The molecule has 1 aliphatic rings. The molecule has 1 saturated heterocycles. The Bertz CT molecular complexity index is 530. The van der Waals surface area contributed by atoms with Crippen LogP contribution in [0.5, 0.6) is 0 Å². The van der Waals surface area contributed by atoms with Crippen molar-refractivity contribution in [1.82, 2.24) is 20.9 Å². The summed E-state index contributed by atoms with van der Waals surface area (Å²) in [6.45, 7) is 8.47. The average Bonchev–Trinajstić information content (AvgIpc) is 3.32. The number of carbonyl (C=O) groups is 1. The lowest BCUT2D eigenvalue weighted by Crippen LogP contribution is -2.43. The molecule has 0 radical (unpaired) electrons. The third-order valence-electron chi connectivity index (χ3n) is 4.21. The van der Waals surface area contributed by atoms with E-state index in [4.69, 9.17) is 4.42 Å². The van der Waals surface area contributed by atoms with Crippen LogP contribution in [-0.2, 0) is 4.79 Å². The van der Waals surface area contributed by atoms with E-state index in [0.717, 1.165) is 31.8 Å². The molecule has 148 valence electrons. The number of nitrogens with zero attached hydrogens (tertiary/aromatic N) is 2. The SMILES string of the molecule is CCCNC(=O)CN=C(NCC)NCC(c1ccco1)N1CCCC1.I. The van der Waals surface area contributed by atoms with E-state index < -0.39 is 0 Å². The molecule has 2 heterocycles. The van der Waals surface area contributed by atoms with Crippen molar-refractivity contribution >= 4 is 35.8 Å². The van der Waals surface area contributed by atoms with Gasteiger partial charge in [0.1, 0.15) is 12.3 Å². The first-order valence-electron chi connectivity index (χ1n) is 9.31. The van der Waals surface area contributed by atoms with Crippen LogP contribution in [0.2, 0.25) is 0 Å². The molecule has 1 unspecified atom stereocenters. The van der Waals surface area contributed by atoms with E-state index in [2.05, 4.69) is 25.8 Å². The zero-order valence-electron chi connectivity index (χ0n) is 15.8. The van der Waals surface area contributed by atoms with Gasteiger partial charge in [-0.1, -0.05) is 6.92 Å². The standard InChI is InChI=1S/C18H31N5O2.HI/c1-3-9-20-17(24)14-22-18(19-4-2)21-13-15(16-8-7-12-25-16)23-10-5-6-11-23;/h7-8,12,15H,3-6,9-11,13-14H2,1-2H3,(H,20,24)(H2,19,21,22);1H. The van der Waals surface area contributed by atoms with Crippen molar-refractivity contribution < 1.29 is 9.21 Å². The van der Waals surface area contributed by atoms with Gasteiger partial charge in [-0.15, -0.1) is 24.0 Å². The minimum atomic E-state index is -0.0545. The number of amides is 1. The van der Waals surface area contributed by atoms with Crippen molar-refractivity contribution in [3.63, 3.8) is 0 Å².